The molecule has 5 nitrogen and oxygen atoms in total. The maximum absolute atomic E-state index is 11.1. The van der Waals surface area contributed by atoms with Gasteiger partial charge in [-0.05, 0) is 17.7 Å². The fraction of sp³-hybridized carbons (Fsp3) is 0.0526. The Kier molecular flexibility index (Phi) is 5.52. The van der Waals surface area contributed by atoms with Crippen LogP contribution in [0.1, 0.15) is 21.5 Å². The number of halogens is 1. The van der Waals surface area contributed by atoms with Crippen LogP contribution in [0.4, 0.5) is 0 Å². The number of hydrogen-bond donors (Lipinski definition) is 1. The fourth-order valence-corrected chi connectivity index (χ4v) is 3.37. The van der Waals surface area contributed by atoms with Gasteiger partial charge in [-0.25, -0.2) is 14.8 Å². The Morgan fingerprint density at radius 1 is 1.15 bits per heavy atom. The van der Waals surface area contributed by atoms with E-state index < -0.39 is 5.97 Å². The number of rotatable bonds is 5. The lowest BCUT2D eigenvalue weighted by atomic mass is 10.1. The van der Waals surface area contributed by atoms with Gasteiger partial charge >= 0.3 is 5.97 Å². The summed E-state index contributed by atoms with van der Waals surface area (Å²) in [7, 11) is 0. The summed E-state index contributed by atoms with van der Waals surface area (Å²) in [6.45, 7) is 0. The maximum Gasteiger partial charge on any atom is 0.335 e. The average Bonchev–Trinajstić information content (AvgIpc) is 2.67. The summed E-state index contributed by atoms with van der Waals surface area (Å²) in [5.74, 6) is -0.488. The van der Waals surface area contributed by atoms with Crippen LogP contribution in [-0.4, -0.2) is 21.0 Å². The standard InChI is InChI=1S/C19H12ClN3O2S/c20-17-15(10-21)16(13-6-2-1-3-7-13)22-19(23-17)26-11-12-5-4-8-14(9-12)18(24)25/h1-9H,11H2,(H,24,25). The van der Waals surface area contributed by atoms with E-state index in [-0.39, 0.29) is 16.3 Å². The van der Waals surface area contributed by atoms with Crippen LogP contribution in [0.15, 0.2) is 59.8 Å². The van der Waals surface area contributed by atoms with Gasteiger partial charge in [-0.2, -0.15) is 5.26 Å². The highest BCUT2D eigenvalue weighted by Crippen LogP contribution is 2.29. The van der Waals surface area contributed by atoms with Gasteiger partial charge in [-0.15, -0.1) is 0 Å². The van der Waals surface area contributed by atoms with Crippen molar-refractivity contribution in [3.05, 3.63) is 76.4 Å². The zero-order chi connectivity index (χ0) is 18.5. The number of nitrogens with zero attached hydrogens (tertiary/aromatic N) is 3. The number of carboxylic acids is 1. The van der Waals surface area contributed by atoms with Crippen LogP contribution < -0.4 is 0 Å². The Bertz CT molecular complexity index is 1000. The van der Waals surface area contributed by atoms with Crippen LogP contribution >= 0.6 is 23.4 Å². The smallest absolute Gasteiger partial charge is 0.335 e. The monoisotopic (exact) mass is 381 g/mol. The molecule has 1 aromatic heterocycles. The summed E-state index contributed by atoms with van der Waals surface area (Å²) in [5.41, 5.74) is 2.56. The Morgan fingerprint density at radius 2 is 1.92 bits per heavy atom. The van der Waals surface area contributed by atoms with Crippen molar-refractivity contribution < 1.29 is 9.90 Å². The van der Waals surface area contributed by atoms with E-state index in [4.69, 9.17) is 16.7 Å². The second-order valence-corrected chi connectivity index (χ2v) is 6.59. The number of aromatic nitrogens is 2. The van der Waals surface area contributed by atoms with Crippen LogP contribution in [-0.2, 0) is 5.75 Å². The van der Waals surface area contributed by atoms with Gasteiger partial charge in [0.25, 0.3) is 0 Å². The third kappa shape index (κ3) is 4.02. The molecule has 0 spiro atoms. The predicted molar refractivity (Wildman–Crippen MR) is 100 cm³/mol. The van der Waals surface area contributed by atoms with Gasteiger partial charge in [-0.3, -0.25) is 0 Å². The van der Waals surface area contributed by atoms with Crippen molar-refractivity contribution in [2.24, 2.45) is 0 Å². The van der Waals surface area contributed by atoms with Gasteiger partial charge in [0.05, 0.1) is 11.3 Å². The molecule has 0 saturated heterocycles. The Hall–Kier alpha value is -2.88. The van der Waals surface area contributed by atoms with E-state index in [9.17, 15) is 10.1 Å². The Labute approximate surface area is 159 Å². The molecule has 1 heterocycles. The van der Waals surface area contributed by atoms with Crippen molar-refractivity contribution in [1.82, 2.24) is 9.97 Å². The predicted octanol–water partition coefficient (Wildman–Crippen LogP) is 4.66. The molecule has 0 saturated carbocycles. The first-order chi connectivity index (χ1) is 12.6. The van der Waals surface area contributed by atoms with Crippen molar-refractivity contribution in [3.8, 4) is 17.3 Å². The molecule has 0 amide bonds. The first-order valence-electron chi connectivity index (χ1n) is 7.56. The quantitative estimate of drug-likeness (QED) is 0.393. The van der Waals surface area contributed by atoms with Gasteiger partial charge < -0.3 is 5.11 Å². The van der Waals surface area contributed by atoms with Crippen LogP contribution in [0.5, 0.6) is 0 Å². The topological polar surface area (TPSA) is 86.9 Å². The first-order valence-corrected chi connectivity index (χ1v) is 8.93. The first kappa shape index (κ1) is 17.9. The number of carboxylic acid groups (broad SMARTS) is 1. The minimum absolute atomic E-state index is 0.100. The van der Waals surface area contributed by atoms with E-state index in [0.717, 1.165) is 11.1 Å². The van der Waals surface area contributed by atoms with E-state index in [1.54, 1.807) is 18.2 Å². The highest BCUT2D eigenvalue weighted by atomic mass is 35.5. The lowest BCUT2D eigenvalue weighted by Gasteiger charge is -2.08. The molecule has 3 rings (SSSR count). The largest absolute Gasteiger partial charge is 0.478 e. The van der Waals surface area contributed by atoms with Crippen molar-refractivity contribution >= 4 is 29.3 Å². The van der Waals surface area contributed by atoms with Gasteiger partial charge in [0.15, 0.2) is 10.3 Å². The van der Waals surface area contributed by atoms with E-state index in [2.05, 4.69) is 16.0 Å². The van der Waals surface area contributed by atoms with Crippen LogP contribution in [0.3, 0.4) is 0 Å². The van der Waals surface area contributed by atoms with Gasteiger partial charge in [0, 0.05) is 11.3 Å². The van der Waals surface area contributed by atoms with E-state index in [0.29, 0.717) is 16.6 Å². The summed E-state index contributed by atoms with van der Waals surface area (Å²) in [4.78, 5) is 19.7. The minimum atomic E-state index is -0.971. The molecule has 0 bridgehead atoms. The molecule has 0 aliphatic carbocycles. The van der Waals surface area contributed by atoms with Crippen LogP contribution in [0, 0.1) is 11.3 Å². The lowest BCUT2D eigenvalue weighted by Crippen LogP contribution is -1.98. The van der Waals surface area contributed by atoms with Crippen molar-refractivity contribution in [2.75, 3.05) is 0 Å². The SMILES string of the molecule is N#Cc1c(Cl)nc(SCc2cccc(C(=O)O)c2)nc1-c1ccccc1. The molecule has 2 aromatic carbocycles. The molecular weight excluding hydrogens is 370 g/mol. The molecule has 1 N–H and O–H groups in total. The van der Waals surface area contributed by atoms with Crippen LogP contribution in [0.25, 0.3) is 11.3 Å². The normalized spacial score (nSPS) is 10.3. The third-order valence-electron chi connectivity index (χ3n) is 3.55. The second-order valence-electron chi connectivity index (χ2n) is 5.29. The van der Waals surface area contributed by atoms with E-state index in [1.807, 2.05) is 36.4 Å². The number of nitriles is 1. The summed E-state index contributed by atoms with van der Waals surface area (Å²) >= 11 is 7.50. The lowest BCUT2D eigenvalue weighted by molar-refractivity contribution is 0.0697. The molecule has 0 aliphatic rings. The van der Waals surface area contributed by atoms with Crippen molar-refractivity contribution in [1.29, 1.82) is 5.26 Å². The van der Waals surface area contributed by atoms with Gasteiger partial charge in [0.2, 0.25) is 0 Å². The van der Waals surface area contributed by atoms with Crippen LogP contribution in [0.2, 0.25) is 5.15 Å². The summed E-state index contributed by atoms with van der Waals surface area (Å²) < 4.78 is 0. The molecule has 0 aliphatic heterocycles. The molecular formula is C19H12ClN3O2S. The summed E-state index contributed by atoms with van der Waals surface area (Å²) in [6.07, 6.45) is 0. The second kappa shape index (κ2) is 8.00. The third-order valence-corrected chi connectivity index (χ3v) is 4.74. The number of benzene rings is 2. The Morgan fingerprint density at radius 3 is 2.62 bits per heavy atom. The molecule has 26 heavy (non-hydrogen) atoms. The molecule has 0 radical (unpaired) electrons. The number of aromatic carboxylic acids is 1. The highest BCUT2D eigenvalue weighted by molar-refractivity contribution is 7.98. The van der Waals surface area contributed by atoms with E-state index in [1.165, 1.54) is 11.8 Å². The zero-order valence-corrected chi connectivity index (χ0v) is 15.0. The Balaban J connectivity index is 1.90. The number of hydrogen-bond acceptors (Lipinski definition) is 5. The van der Waals surface area contributed by atoms with Crippen molar-refractivity contribution in [2.45, 2.75) is 10.9 Å². The zero-order valence-electron chi connectivity index (χ0n) is 13.4. The fourth-order valence-electron chi connectivity index (χ4n) is 2.32. The minimum Gasteiger partial charge on any atom is -0.478 e. The highest BCUT2D eigenvalue weighted by Gasteiger charge is 2.15. The molecule has 0 fully saturated rings. The average molecular weight is 382 g/mol. The number of carbonyl (C=O) groups is 1. The van der Waals surface area contributed by atoms with E-state index >= 15 is 0 Å². The molecule has 3 aromatic rings. The number of thioether (sulfide) groups is 1. The molecule has 128 valence electrons. The summed E-state index contributed by atoms with van der Waals surface area (Å²) in [5, 5.41) is 19.0. The van der Waals surface area contributed by atoms with Gasteiger partial charge in [0.1, 0.15) is 11.6 Å². The summed E-state index contributed by atoms with van der Waals surface area (Å²) in [6, 6.07) is 18.0. The van der Waals surface area contributed by atoms with Crippen molar-refractivity contribution in [3.63, 3.8) is 0 Å². The molecule has 7 heteroatoms. The molecule has 0 atom stereocenters. The molecule has 0 unspecified atom stereocenters. The van der Waals surface area contributed by atoms with Gasteiger partial charge in [-0.1, -0.05) is 65.8 Å². The maximum atomic E-state index is 11.1.